The Bertz CT molecular complexity index is 642. The van der Waals surface area contributed by atoms with Gasteiger partial charge in [-0.05, 0) is 59.8 Å². The van der Waals surface area contributed by atoms with Crippen molar-refractivity contribution < 1.29 is 4.74 Å². The van der Waals surface area contributed by atoms with Crippen molar-refractivity contribution in [1.82, 2.24) is 9.97 Å². The zero-order valence-corrected chi connectivity index (χ0v) is 13.8. The maximum absolute atomic E-state index is 11.8. The van der Waals surface area contributed by atoms with Gasteiger partial charge in [0.15, 0.2) is 5.82 Å². The number of rotatable bonds is 6. The van der Waals surface area contributed by atoms with Crippen molar-refractivity contribution in [2.45, 2.75) is 6.42 Å². The summed E-state index contributed by atoms with van der Waals surface area (Å²) in [5.74, 6) is 1.42. The van der Waals surface area contributed by atoms with Crippen molar-refractivity contribution in [3.8, 4) is 5.75 Å². The molecular formula is C14H17IN4O2. The van der Waals surface area contributed by atoms with Crippen LogP contribution in [0.5, 0.6) is 5.75 Å². The molecule has 1 heterocycles. The molecule has 0 spiro atoms. The van der Waals surface area contributed by atoms with Gasteiger partial charge in [0.25, 0.3) is 5.56 Å². The van der Waals surface area contributed by atoms with Crippen LogP contribution in [-0.2, 0) is 0 Å². The summed E-state index contributed by atoms with van der Waals surface area (Å²) in [6.07, 6.45) is 2.22. The normalized spacial score (nSPS) is 10.4. The molecule has 0 atom stereocenters. The van der Waals surface area contributed by atoms with E-state index in [0.717, 1.165) is 17.9 Å². The number of H-pyrrole nitrogens is 1. The molecule has 0 radical (unpaired) electrons. The third-order valence-electron chi connectivity index (χ3n) is 3.00. The number of benzene rings is 1. The van der Waals surface area contributed by atoms with E-state index in [0.29, 0.717) is 22.5 Å². The molecule has 0 aliphatic carbocycles. The quantitative estimate of drug-likeness (QED) is 0.724. The van der Waals surface area contributed by atoms with E-state index in [-0.39, 0.29) is 5.56 Å². The second-order valence-electron chi connectivity index (χ2n) is 4.36. The first kappa shape index (κ1) is 15.8. The molecule has 1 aromatic carbocycles. The van der Waals surface area contributed by atoms with Crippen LogP contribution in [0, 0.1) is 3.57 Å². The molecule has 0 unspecified atom stereocenters. The van der Waals surface area contributed by atoms with Crippen molar-refractivity contribution in [3.63, 3.8) is 0 Å². The van der Waals surface area contributed by atoms with Crippen molar-refractivity contribution in [3.05, 3.63) is 44.5 Å². The summed E-state index contributed by atoms with van der Waals surface area (Å²) in [5.41, 5.74) is 6.41. The number of aromatic amines is 1. The lowest BCUT2D eigenvalue weighted by atomic mass is 10.2. The summed E-state index contributed by atoms with van der Waals surface area (Å²) in [6.45, 7) is 1.27. The average Bonchev–Trinajstić information content (AvgIpc) is 2.52. The number of hydrogen-bond acceptors (Lipinski definition) is 5. The highest BCUT2D eigenvalue weighted by molar-refractivity contribution is 14.1. The summed E-state index contributed by atoms with van der Waals surface area (Å²) in [5, 5.41) is 0. The zero-order valence-electron chi connectivity index (χ0n) is 11.7. The SMILES string of the molecule is COc1ccc(N(CCCN)c2nc[nH]c(=O)c2I)cc1. The molecule has 2 aromatic rings. The van der Waals surface area contributed by atoms with Gasteiger partial charge in [-0.3, -0.25) is 4.79 Å². The lowest BCUT2D eigenvalue weighted by Crippen LogP contribution is -2.25. The van der Waals surface area contributed by atoms with Crippen LogP contribution in [0.15, 0.2) is 35.4 Å². The van der Waals surface area contributed by atoms with Crippen LogP contribution in [0.1, 0.15) is 6.42 Å². The Morgan fingerprint density at radius 3 is 2.71 bits per heavy atom. The molecule has 112 valence electrons. The Morgan fingerprint density at radius 2 is 2.10 bits per heavy atom. The van der Waals surface area contributed by atoms with Crippen LogP contribution < -0.4 is 20.9 Å². The highest BCUT2D eigenvalue weighted by Gasteiger charge is 2.15. The summed E-state index contributed by atoms with van der Waals surface area (Å²) < 4.78 is 5.73. The second-order valence-corrected chi connectivity index (χ2v) is 5.44. The Balaban J connectivity index is 2.41. The van der Waals surface area contributed by atoms with Crippen LogP contribution >= 0.6 is 22.6 Å². The van der Waals surface area contributed by atoms with E-state index < -0.39 is 0 Å². The molecule has 21 heavy (non-hydrogen) atoms. The summed E-state index contributed by atoms with van der Waals surface area (Å²) >= 11 is 2.01. The fourth-order valence-corrected chi connectivity index (χ4v) is 2.52. The molecule has 0 saturated heterocycles. The van der Waals surface area contributed by atoms with Gasteiger partial charge in [-0.1, -0.05) is 0 Å². The molecule has 2 rings (SSSR count). The van der Waals surface area contributed by atoms with Gasteiger partial charge in [0.2, 0.25) is 0 Å². The minimum absolute atomic E-state index is 0.146. The van der Waals surface area contributed by atoms with Gasteiger partial charge >= 0.3 is 0 Å². The van der Waals surface area contributed by atoms with E-state index in [9.17, 15) is 4.79 Å². The first-order valence-corrected chi connectivity index (χ1v) is 7.60. The predicted molar refractivity (Wildman–Crippen MR) is 91.2 cm³/mol. The predicted octanol–water partition coefficient (Wildman–Crippen LogP) is 1.87. The number of hydrogen-bond donors (Lipinski definition) is 2. The van der Waals surface area contributed by atoms with Crippen molar-refractivity contribution in [2.75, 3.05) is 25.1 Å². The summed E-state index contributed by atoms with van der Waals surface area (Å²) in [6, 6.07) is 7.64. The highest BCUT2D eigenvalue weighted by atomic mass is 127. The number of anilines is 2. The molecule has 7 heteroatoms. The molecule has 1 aromatic heterocycles. The molecule has 6 nitrogen and oxygen atoms in total. The zero-order chi connectivity index (χ0) is 15.2. The lowest BCUT2D eigenvalue weighted by Gasteiger charge is -2.24. The Morgan fingerprint density at radius 1 is 1.38 bits per heavy atom. The van der Waals surface area contributed by atoms with E-state index >= 15 is 0 Å². The first-order chi connectivity index (χ1) is 10.2. The number of halogens is 1. The number of nitrogens with two attached hydrogens (primary N) is 1. The van der Waals surface area contributed by atoms with Gasteiger partial charge in [-0.15, -0.1) is 0 Å². The molecule has 0 saturated carbocycles. The van der Waals surface area contributed by atoms with E-state index in [1.54, 1.807) is 7.11 Å². The smallest absolute Gasteiger partial charge is 0.266 e. The second kappa shape index (κ2) is 7.41. The minimum Gasteiger partial charge on any atom is -0.497 e. The fraction of sp³-hybridized carbons (Fsp3) is 0.286. The highest BCUT2D eigenvalue weighted by Crippen LogP contribution is 2.27. The average molecular weight is 400 g/mol. The van der Waals surface area contributed by atoms with E-state index in [2.05, 4.69) is 9.97 Å². The lowest BCUT2D eigenvalue weighted by molar-refractivity contribution is 0.415. The van der Waals surface area contributed by atoms with Gasteiger partial charge in [0.05, 0.1) is 13.4 Å². The van der Waals surface area contributed by atoms with Gasteiger partial charge < -0.3 is 20.4 Å². The molecule has 0 aliphatic heterocycles. The number of nitrogens with one attached hydrogen (secondary N) is 1. The van der Waals surface area contributed by atoms with Crippen LogP contribution in [-0.4, -0.2) is 30.2 Å². The third kappa shape index (κ3) is 3.73. The molecule has 0 fully saturated rings. The van der Waals surface area contributed by atoms with Crippen molar-refractivity contribution >= 4 is 34.1 Å². The number of ether oxygens (including phenoxy) is 1. The van der Waals surface area contributed by atoms with E-state index in [1.807, 2.05) is 51.8 Å². The molecule has 0 amide bonds. The largest absolute Gasteiger partial charge is 0.497 e. The maximum atomic E-state index is 11.8. The Hall–Kier alpha value is -1.61. The van der Waals surface area contributed by atoms with Crippen molar-refractivity contribution in [2.24, 2.45) is 5.73 Å². The van der Waals surface area contributed by atoms with E-state index in [1.165, 1.54) is 6.33 Å². The van der Waals surface area contributed by atoms with Crippen molar-refractivity contribution in [1.29, 1.82) is 0 Å². The standard InChI is InChI=1S/C14H17IN4O2/c1-21-11-5-3-10(4-6-11)19(8-2-7-16)13-12(15)14(20)18-9-17-13/h3-6,9H,2,7-8,16H2,1H3,(H,17,18,20). The Labute approximate surface area is 136 Å². The summed E-state index contributed by atoms with van der Waals surface area (Å²) in [4.78, 5) is 20.6. The molecular weight excluding hydrogens is 383 g/mol. The Kier molecular flexibility index (Phi) is 5.57. The van der Waals surface area contributed by atoms with Gasteiger partial charge in [-0.2, -0.15) is 0 Å². The van der Waals surface area contributed by atoms with Gasteiger partial charge in [0, 0.05) is 12.2 Å². The topological polar surface area (TPSA) is 84.2 Å². The van der Waals surface area contributed by atoms with Crippen LogP contribution in [0.2, 0.25) is 0 Å². The molecule has 0 aliphatic rings. The maximum Gasteiger partial charge on any atom is 0.266 e. The van der Waals surface area contributed by atoms with Crippen LogP contribution in [0.4, 0.5) is 11.5 Å². The fourth-order valence-electron chi connectivity index (χ4n) is 1.93. The summed E-state index contributed by atoms with van der Waals surface area (Å²) in [7, 11) is 1.63. The van der Waals surface area contributed by atoms with Crippen LogP contribution in [0.3, 0.4) is 0 Å². The van der Waals surface area contributed by atoms with E-state index in [4.69, 9.17) is 10.5 Å². The minimum atomic E-state index is -0.146. The number of nitrogens with zero attached hydrogens (tertiary/aromatic N) is 2. The number of methoxy groups -OCH3 is 1. The monoisotopic (exact) mass is 400 g/mol. The molecule has 0 bridgehead atoms. The first-order valence-electron chi connectivity index (χ1n) is 6.52. The van der Waals surface area contributed by atoms with Crippen LogP contribution in [0.25, 0.3) is 0 Å². The van der Waals surface area contributed by atoms with Gasteiger partial charge in [-0.25, -0.2) is 4.98 Å². The molecule has 3 N–H and O–H groups in total. The third-order valence-corrected chi connectivity index (χ3v) is 3.98. The number of aromatic nitrogens is 2. The van der Waals surface area contributed by atoms with Gasteiger partial charge in [0.1, 0.15) is 9.32 Å².